The van der Waals surface area contributed by atoms with Crippen LogP contribution in [0.15, 0.2) is 69.9 Å². The number of rotatable bonds is 20. The molecule has 4 aromatic rings. The molecule has 2 aromatic heterocycles. The quantitative estimate of drug-likeness (QED) is 0.0294. The normalized spacial score (nSPS) is 14.6. The van der Waals surface area contributed by atoms with Gasteiger partial charge in [-0.3, -0.25) is 29.8 Å². The van der Waals surface area contributed by atoms with Crippen molar-refractivity contribution in [1.29, 1.82) is 0 Å². The molecule has 0 unspecified atom stereocenters. The van der Waals surface area contributed by atoms with E-state index in [1.54, 1.807) is 42.7 Å². The number of hydrogen-bond acceptors (Lipinski definition) is 13. The van der Waals surface area contributed by atoms with Gasteiger partial charge in [-0.2, -0.15) is 0 Å². The molecule has 5 rings (SSSR count). The first-order valence-corrected chi connectivity index (χ1v) is 20.1. The van der Waals surface area contributed by atoms with Gasteiger partial charge in [0.1, 0.15) is 28.2 Å². The number of nitrogens with one attached hydrogen (secondary N) is 3. The van der Waals surface area contributed by atoms with Gasteiger partial charge in [0.2, 0.25) is 11.9 Å². The van der Waals surface area contributed by atoms with Gasteiger partial charge in [0, 0.05) is 56.2 Å². The fraction of sp³-hybridized carbons (Fsp3) is 0.405. The molecule has 0 saturated carbocycles. The van der Waals surface area contributed by atoms with E-state index >= 15 is 0 Å². The molecule has 19 heteroatoms. The highest BCUT2D eigenvalue weighted by Gasteiger charge is 2.26. The highest BCUT2D eigenvalue weighted by molar-refractivity contribution is 6.47. The number of fused-ring (bicyclic) bond motifs is 2. The van der Waals surface area contributed by atoms with Crippen LogP contribution >= 0.6 is 0 Å². The summed E-state index contributed by atoms with van der Waals surface area (Å²) >= 11 is 0. The Morgan fingerprint density at radius 2 is 1.64 bits per heavy atom. The number of aliphatic hydroxyl groups excluding tert-OH is 1. The van der Waals surface area contributed by atoms with Crippen molar-refractivity contribution < 1.29 is 38.3 Å². The molecule has 1 saturated heterocycles. The Balaban J connectivity index is 1.55. The van der Waals surface area contributed by atoms with Gasteiger partial charge in [0.15, 0.2) is 11.3 Å². The van der Waals surface area contributed by atoms with E-state index in [4.69, 9.17) is 36.4 Å². The second-order valence-electron chi connectivity index (χ2n) is 14.2. The summed E-state index contributed by atoms with van der Waals surface area (Å²) in [7, 11) is 1.51. The molecule has 1 aliphatic heterocycles. The van der Waals surface area contributed by atoms with Gasteiger partial charge in [-0.15, -0.1) is 0 Å². The molecule has 0 radical (unpaired) electrons. The molecule has 326 valence electrons. The lowest BCUT2D eigenvalue weighted by molar-refractivity contribution is -0.646. The number of allylic oxidation sites excluding steroid dienone is 4. The minimum Gasteiger partial charge on any atom is -0.494 e. The average molecular weight is 842 g/mol. The third kappa shape index (κ3) is 11.8. The number of nitrogens with two attached hydrogens (primary N) is 3. The van der Waals surface area contributed by atoms with Gasteiger partial charge in [0.05, 0.1) is 45.6 Å². The third-order valence-electron chi connectivity index (χ3n) is 9.45. The number of primary amides is 1. The van der Waals surface area contributed by atoms with E-state index in [0.717, 1.165) is 19.6 Å². The van der Waals surface area contributed by atoms with Gasteiger partial charge < -0.3 is 41.1 Å². The van der Waals surface area contributed by atoms with Crippen LogP contribution in [0.5, 0.6) is 11.5 Å². The third-order valence-corrected chi connectivity index (χ3v) is 9.45. The molecule has 1 aliphatic rings. The zero-order chi connectivity index (χ0) is 44.1. The fourth-order valence-electron chi connectivity index (χ4n) is 6.76. The van der Waals surface area contributed by atoms with Gasteiger partial charge >= 0.3 is 11.9 Å². The molecule has 10 N–H and O–H groups in total. The summed E-state index contributed by atoms with van der Waals surface area (Å²) < 4.78 is 21.2. The molecule has 0 bridgehead atoms. The number of hydrogen-bond donors (Lipinski definition) is 7. The maximum absolute atomic E-state index is 13.7. The van der Waals surface area contributed by atoms with E-state index in [2.05, 4.69) is 30.5 Å². The van der Waals surface area contributed by atoms with Crippen LogP contribution in [0.25, 0.3) is 22.1 Å². The zero-order valence-corrected chi connectivity index (χ0v) is 35.4. The van der Waals surface area contributed by atoms with Crippen molar-refractivity contribution in [3.05, 3.63) is 71.1 Å². The number of benzene rings is 2. The number of anilines is 2. The molecule has 61 heavy (non-hydrogen) atoms. The number of aromatic nitrogens is 4. The summed E-state index contributed by atoms with van der Waals surface area (Å²) in [5, 5.41) is 15.8. The fourth-order valence-corrected chi connectivity index (χ4v) is 6.76. The number of H-pyrrole nitrogens is 1. The maximum atomic E-state index is 13.7. The van der Waals surface area contributed by atoms with Crippen LogP contribution in [-0.4, -0.2) is 113 Å². The zero-order valence-electron chi connectivity index (χ0n) is 35.4. The first kappa shape index (κ1) is 45.5. The van der Waals surface area contributed by atoms with Crippen molar-refractivity contribution in [2.45, 2.75) is 53.8 Å². The Kier molecular flexibility index (Phi) is 16.1. The molecule has 19 nitrogen and oxygen atoms in total. The van der Waals surface area contributed by atoms with E-state index in [1.807, 2.05) is 30.6 Å². The first-order chi connectivity index (χ1) is 29.4. The molecule has 3 heterocycles. The van der Waals surface area contributed by atoms with E-state index in [9.17, 15) is 19.5 Å². The number of methoxy groups -OCH3 is 1. The van der Waals surface area contributed by atoms with Gasteiger partial charge in [-0.05, 0) is 76.1 Å². The average Bonchev–Trinajstić information content (AvgIpc) is 3.76. The highest BCUT2D eigenvalue weighted by Crippen LogP contribution is 2.31. The van der Waals surface area contributed by atoms with E-state index in [-0.39, 0.29) is 48.6 Å². The number of carbonyl (C=O) groups is 3. The lowest BCUT2D eigenvalue weighted by Gasteiger charge is -2.26. The second kappa shape index (κ2) is 21.6. The molecule has 3 amide bonds. The van der Waals surface area contributed by atoms with Gasteiger partial charge in [-0.1, -0.05) is 12.2 Å². The summed E-state index contributed by atoms with van der Waals surface area (Å²) in [4.78, 5) is 58.6. The molecule has 2 aromatic carbocycles. The molecule has 0 aliphatic carbocycles. The standard InChI is InChI=1S/C42H56N12O7/c1-6-46-32(19-26(3)43)39(57)50-41-48-30-21-28(25-55)22-34(59-5)36(30)53(41)12-8-9-13-54-37-31(49-42(54)51-40(58)33(47-7-2)20-27(4)44)23-29(38(45)56)24-35(37)61-16-10-11-52-14-17-60-18-15-52/h8-9,19-24,55H,6-7,10-18,25H2,1-5H3,(H8,43,44,45,46,47,48,49,50,51,56,57,58)/p+1/b9-8+. The van der Waals surface area contributed by atoms with Crippen molar-refractivity contribution in [2.75, 3.05) is 70.3 Å². The number of carbonyl (C=O) groups excluding carboxylic acids is 3. The topological polar surface area (TPSA) is 267 Å². The van der Waals surface area contributed by atoms with Crippen LogP contribution in [0, 0.1) is 0 Å². The number of imidazole rings is 2. The Labute approximate surface area is 354 Å². The maximum Gasteiger partial charge on any atom is 0.363 e. The molecule has 0 spiro atoms. The van der Waals surface area contributed by atoms with Crippen molar-refractivity contribution >= 4 is 63.1 Å². The smallest absolute Gasteiger partial charge is 0.363 e. The predicted octanol–water partition coefficient (Wildman–Crippen LogP) is 2.29. The van der Waals surface area contributed by atoms with Crippen LogP contribution < -0.4 is 41.9 Å². The molecular weight excluding hydrogens is 785 g/mol. The number of morpholine rings is 1. The Bertz CT molecular complexity index is 2380. The van der Waals surface area contributed by atoms with Crippen molar-refractivity contribution in [3.63, 3.8) is 0 Å². The molecular formula is C42H57N12O7+. The Hall–Kier alpha value is -6.57. The number of nitrogens with zero attached hydrogens (tertiary/aromatic N) is 6. The monoisotopic (exact) mass is 841 g/mol. The Morgan fingerprint density at radius 1 is 0.967 bits per heavy atom. The van der Waals surface area contributed by atoms with Crippen molar-refractivity contribution in [3.8, 4) is 11.5 Å². The first-order valence-electron chi connectivity index (χ1n) is 20.1. The SMILES string of the molecule is CCN=C(/C=C(/C)N)C(=O)Nc1nc2cc(CO)cc(OC)c2n1C/C=C/C[n+]1c(NC(=O)C(/C=C(/C)N)=NCC)[nH]c2cc(C(N)=O)cc(OCCCN3CCOCC3)c21. The highest BCUT2D eigenvalue weighted by atomic mass is 16.5. The predicted molar refractivity (Wildman–Crippen MR) is 235 cm³/mol. The van der Waals surface area contributed by atoms with Crippen LogP contribution in [0.3, 0.4) is 0 Å². The van der Waals surface area contributed by atoms with E-state index < -0.39 is 17.7 Å². The number of aliphatic imine (C=N–C) groups is 2. The summed E-state index contributed by atoms with van der Waals surface area (Å²) in [5.41, 5.74) is 21.6. The number of aromatic amines is 1. The van der Waals surface area contributed by atoms with E-state index in [1.165, 1.54) is 19.3 Å². The minimum atomic E-state index is -0.646. The van der Waals surface area contributed by atoms with Gasteiger partial charge in [0.25, 0.3) is 5.91 Å². The van der Waals surface area contributed by atoms with Crippen LogP contribution in [0.2, 0.25) is 0 Å². The van der Waals surface area contributed by atoms with Crippen molar-refractivity contribution in [1.82, 2.24) is 19.4 Å². The minimum absolute atomic E-state index is 0.129. The molecule has 1 fully saturated rings. The summed E-state index contributed by atoms with van der Waals surface area (Å²) in [6.45, 7) is 12.0. The van der Waals surface area contributed by atoms with Crippen molar-refractivity contribution in [2.24, 2.45) is 27.2 Å². The number of amides is 3. The summed E-state index contributed by atoms with van der Waals surface area (Å²) in [6.07, 6.45) is 7.43. The van der Waals surface area contributed by atoms with E-state index in [0.29, 0.717) is 89.9 Å². The lowest BCUT2D eigenvalue weighted by Crippen LogP contribution is -2.38. The second-order valence-corrected chi connectivity index (χ2v) is 14.2. The van der Waals surface area contributed by atoms with Crippen LogP contribution in [-0.2, 0) is 34.0 Å². The largest absolute Gasteiger partial charge is 0.494 e. The van der Waals surface area contributed by atoms with Crippen LogP contribution in [0.1, 0.15) is 50.0 Å². The Morgan fingerprint density at radius 3 is 2.25 bits per heavy atom. The summed E-state index contributed by atoms with van der Waals surface area (Å²) in [5.74, 6) is -0.360. The lowest BCUT2D eigenvalue weighted by atomic mass is 10.1. The summed E-state index contributed by atoms with van der Waals surface area (Å²) in [6, 6.07) is 6.63. The number of ether oxygens (including phenoxy) is 3. The van der Waals surface area contributed by atoms with Gasteiger partial charge in [-0.25, -0.2) is 24.6 Å². The van der Waals surface area contributed by atoms with Crippen LogP contribution in [0.4, 0.5) is 11.9 Å². The number of aliphatic hydroxyl groups is 1. The molecule has 0 atom stereocenters.